The molecule has 4 amide bonds. The topological polar surface area (TPSA) is 311 Å². The predicted octanol–water partition coefficient (Wildman–Crippen LogP) is -2.36. The number of hydrogen-bond acceptors (Lipinski definition) is 16. The van der Waals surface area contributed by atoms with Gasteiger partial charge in [-0.1, -0.05) is 6.92 Å². The molecule has 2 aliphatic rings. The summed E-state index contributed by atoms with van der Waals surface area (Å²) in [5.74, 6) is -6.29. The highest BCUT2D eigenvalue weighted by Crippen LogP contribution is 2.31. The maximum absolute atomic E-state index is 12.7. The third-order valence-corrected chi connectivity index (χ3v) is 9.18. The van der Waals surface area contributed by atoms with Crippen molar-refractivity contribution in [3.8, 4) is 11.5 Å². The number of carbonyl (C=O) groups is 6. The van der Waals surface area contributed by atoms with Crippen LogP contribution in [-0.4, -0.2) is 149 Å². The zero-order chi connectivity index (χ0) is 41.1. The van der Waals surface area contributed by atoms with Crippen LogP contribution in [0.25, 0.3) is 0 Å². The zero-order valence-electron chi connectivity index (χ0n) is 30.1. The molecule has 0 spiro atoms. The largest absolute Gasteiger partial charge is 0.491 e. The predicted molar refractivity (Wildman–Crippen MR) is 183 cm³/mol. The summed E-state index contributed by atoms with van der Waals surface area (Å²) in [4.78, 5) is 73.2. The number of ether oxygens (including phenoxy) is 5. The average Bonchev–Trinajstić information content (AvgIpc) is 3.44. The molecule has 0 unspecified atom stereocenters. The van der Waals surface area contributed by atoms with Gasteiger partial charge in [-0.05, 0) is 32.4 Å². The summed E-state index contributed by atoms with van der Waals surface area (Å²) in [5, 5.41) is 44.3. The first kappa shape index (κ1) is 44.7. The van der Waals surface area contributed by atoms with Crippen molar-refractivity contribution in [2.75, 3.05) is 38.7 Å². The highest BCUT2D eigenvalue weighted by Gasteiger charge is 2.48. The van der Waals surface area contributed by atoms with Gasteiger partial charge in [-0.3, -0.25) is 33.4 Å². The fraction of sp³-hybridized carbons (Fsp3) is 0.576. The van der Waals surface area contributed by atoms with Crippen molar-refractivity contribution < 1.29 is 85.8 Å². The van der Waals surface area contributed by atoms with Gasteiger partial charge in [0.05, 0.1) is 18.6 Å². The van der Waals surface area contributed by atoms with Crippen molar-refractivity contribution in [3.63, 3.8) is 0 Å². The molecule has 2 heterocycles. The van der Waals surface area contributed by atoms with Crippen LogP contribution < -0.4 is 20.1 Å². The zero-order valence-corrected chi connectivity index (χ0v) is 30.9. The van der Waals surface area contributed by atoms with Crippen LogP contribution in [0, 0.1) is 5.41 Å². The molecule has 55 heavy (non-hydrogen) atoms. The minimum atomic E-state index is -4.73. The molecule has 0 aromatic heterocycles. The second-order valence-corrected chi connectivity index (χ2v) is 14.5. The van der Waals surface area contributed by atoms with Crippen molar-refractivity contribution in [2.45, 2.75) is 77.0 Å². The first-order valence-corrected chi connectivity index (χ1v) is 18.5. The molecule has 22 heteroatoms. The molecule has 306 valence electrons. The SMILES string of the molecule is CCC(C)(C)C(=O)OCc1ccc(O[C@@H]2O[C@H](C(=O)O)[C@@H](O)[C@H](O)[C@H]2O)cc1OCCOCCNC(=O)[C@H](CS(=O)(=O)O)NC(=O)CCN1C(=O)C=CC1=O. The summed E-state index contributed by atoms with van der Waals surface area (Å²) in [6.45, 7) is 4.14. The van der Waals surface area contributed by atoms with E-state index < -0.39 is 100 Å². The molecule has 1 saturated heterocycles. The summed E-state index contributed by atoms with van der Waals surface area (Å²) in [7, 11) is -4.73. The highest BCUT2D eigenvalue weighted by molar-refractivity contribution is 7.85. The van der Waals surface area contributed by atoms with Crippen molar-refractivity contribution in [2.24, 2.45) is 5.41 Å². The highest BCUT2D eigenvalue weighted by atomic mass is 32.2. The molecule has 7 N–H and O–H groups in total. The Labute approximate surface area is 315 Å². The van der Waals surface area contributed by atoms with Gasteiger partial charge < -0.3 is 54.7 Å². The van der Waals surface area contributed by atoms with E-state index in [-0.39, 0.29) is 51.0 Å². The van der Waals surface area contributed by atoms with Crippen molar-refractivity contribution >= 4 is 45.7 Å². The molecule has 21 nitrogen and oxygen atoms in total. The second kappa shape index (κ2) is 19.7. The Balaban J connectivity index is 1.57. The van der Waals surface area contributed by atoms with Gasteiger partial charge in [-0.25, -0.2) is 4.79 Å². The number of rotatable bonds is 21. The van der Waals surface area contributed by atoms with Crippen molar-refractivity contribution in [1.82, 2.24) is 15.5 Å². The second-order valence-electron chi connectivity index (χ2n) is 13.0. The van der Waals surface area contributed by atoms with E-state index in [0.29, 0.717) is 12.0 Å². The van der Waals surface area contributed by atoms with Crippen LogP contribution in [0.5, 0.6) is 11.5 Å². The number of carboxylic acids is 1. The number of carboxylic acid groups (broad SMARTS) is 1. The molecular weight excluding hydrogens is 758 g/mol. The Morgan fingerprint density at radius 1 is 1.00 bits per heavy atom. The molecule has 3 rings (SSSR count). The van der Waals surface area contributed by atoms with Gasteiger partial charge in [0.15, 0.2) is 6.10 Å². The number of benzene rings is 1. The molecule has 6 atom stereocenters. The number of esters is 1. The van der Waals surface area contributed by atoms with E-state index in [1.54, 1.807) is 13.8 Å². The Morgan fingerprint density at radius 2 is 1.67 bits per heavy atom. The fourth-order valence-corrected chi connectivity index (χ4v) is 5.49. The number of aliphatic hydroxyl groups is 3. The number of nitrogens with one attached hydrogen (secondary N) is 2. The Kier molecular flexibility index (Phi) is 16.0. The van der Waals surface area contributed by atoms with Crippen LogP contribution in [0.4, 0.5) is 0 Å². The third-order valence-electron chi connectivity index (χ3n) is 8.42. The lowest BCUT2D eigenvalue weighted by Crippen LogP contribution is -2.61. The van der Waals surface area contributed by atoms with E-state index in [2.05, 4.69) is 10.6 Å². The lowest BCUT2D eigenvalue weighted by Gasteiger charge is -2.38. The fourth-order valence-electron chi connectivity index (χ4n) is 4.84. The molecule has 0 bridgehead atoms. The van der Waals surface area contributed by atoms with Crippen LogP contribution in [-0.2, 0) is 59.7 Å². The van der Waals surface area contributed by atoms with E-state index in [9.17, 15) is 62.2 Å². The van der Waals surface area contributed by atoms with Crippen molar-refractivity contribution in [3.05, 3.63) is 35.9 Å². The molecular formula is C33H45N3O18S. The van der Waals surface area contributed by atoms with E-state index >= 15 is 0 Å². The first-order chi connectivity index (χ1) is 25.7. The lowest BCUT2D eigenvalue weighted by atomic mass is 9.91. The van der Waals surface area contributed by atoms with Crippen LogP contribution in [0.15, 0.2) is 30.4 Å². The summed E-state index contributed by atoms with van der Waals surface area (Å²) >= 11 is 0. The first-order valence-electron chi connectivity index (χ1n) is 16.9. The van der Waals surface area contributed by atoms with Crippen LogP contribution in [0.1, 0.15) is 39.2 Å². The molecule has 0 radical (unpaired) electrons. The van der Waals surface area contributed by atoms with E-state index in [0.717, 1.165) is 17.1 Å². The number of amides is 4. The number of imide groups is 1. The number of carbonyl (C=O) groups excluding carboxylic acids is 5. The monoisotopic (exact) mass is 803 g/mol. The van der Waals surface area contributed by atoms with Gasteiger partial charge in [-0.2, -0.15) is 8.42 Å². The molecule has 1 aromatic carbocycles. The number of aliphatic hydroxyl groups excluding tert-OH is 3. The number of nitrogens with zero attached hydrogens (tertiary/aromatic N) is 1. The minimum Gasteiger partial charge on any atom is -0.491 e. The van der Waals surface area contributed by atoms with Gasteiger partial charge in [-0.15, -0.1) is 0 Å². The summed E-state index contributed by atoms with van der Waals surface area (Å²) in [6, 6.07) is 2.45. The Bertz CT molecular complexity index is 1700. The molecule has 1 aromatic rings. The maximum atomic E-state index is 12.7. The normalized spacial score (nSPS) is 21.9. The van der Waals surface area contributed by atoms with Crippen LogP contribution in [0.3, 0.4) is 0 Å². The Hall–Kier alpha value is -4.71. The Morgan fingerprint density at radius 3 is 2.29 bits per heavy atom. The third kappa shape index (κ3) is 13.2. The van der Waals surface area contributed by atoms with E-state index in [4.69, 9.17) is 23.7 Å². The average molecular weight is 804 g/mol. The molecule has 1 fully saturated rings. The lowest BCUT2D eigenvalue weighted by molar-refractivity contribution is -0.271. The van der Waals surface area contributed by atoms with Crippen LogP contribution in [0.2, 0.25) is 0 Å². The summed E-state index contributed by atoms with van der Waals surface area (Å²) in [6.07, 6.45) is -7.20. The standard InChI is InChI=1S/C33H45N3O18S/c1-4-33(2,3)32(46)52-16-18-5-6-19(53-31-27(42)25(40)26(41)28(54-31)30(44)45)15-21(18)51-14-13-50-12-10-34-29(43)20(17-55(47,48)49)35-22(37)9-11-36-23(38)7-8-24(36)39/h5-8,15,20,25-28,31,40-42H,4,9-14,16-17H2,1-3H3,(H,34,43)(H,35,37)(H,44,45)(H,47,48,49)/t20-,25-,26-,27+,28-,31+/m0/s1. The van der Waals surface area contributed by atoms with Gasteiger partial charge in [0.2, 0.25) is 18.1 Å². The number of aliphatic carboxylic acids is 1. The van der Waals surface area contributed by atoms with Crippen LogP contribution >= 0.6 is 0 Å². The smallest absolute Gasteiger partial charge is 0.335 e. The number of hydrogen-bond donors (Lipinski definition) is 7. The van der Waals surface area contributed by atoms with E-state index in [1.807, 2.05) is 6.92 Å². The van der Waals surface area contributed by atoms with Gasteiger partial charge >= 0.3 is 11.9 Å². The van der Waals surface area contributed by atoms with E-state index in [1.165, 1.54) is 18.2 Å². The van der Waals surface area contributed by atoms with Gasteiger partial charge in [0.1, 0.15) is 54.8 Å². The molecule has 0 saturated carbocycles. The van der Waals surface area contributed by atoms with Gasteiger partial charge in [0.25, 0.3) is 21.9 Å². The van der Waals surface area contributed by atoms with Gasteiger partial charge in [0, 0.05) is 43.3 Å². The van der Waals surface area contributed by atoms with Crippen molar-refractivity contribution in [1.29, 1.82) is 0 Å². The minimum absolute atomic E-state index is 0.0269. The quantitative estimate of drug-likeness (QED) is 0.0296. The maximum Gasteiger partial charge on any atom is 0.335 e. The molecule has 2 aliphatic heterocycles. The summed E-state index contributed by atoms with van der Waals surface area (Å²) in [5.41, 5.74) is -0.411. The molecule has 0 aliphatic carbocycles. The summed E-state index contributed by atoms with van der Waals surface area (Å²) < 4.78 is 59.7.